The van der Waals surface area contributed by atoms with Crippen LogP contribution in [0.4, 0.5) is 0 Å². The Kier molecular flexibility index (Phi) is 2.62. The van der Waals surface area contributed by atoms with Crippen molar-refractivity contribution in [2.45, 2.75) is 25.8 Å². The molecule has 1 saturated heterocycles. The van der Waals surface area contributed by atoms with Gasteiger partial charge in [0.25, 0.3) is 0 Å². The van der Waals surface area contributed by atoms with Gasteiger partial charge in [-0.25, -0.2) is 4.98 Å². The normalized spacial score (nSPS) is 18.0. The molecule has 3 nitrogen and oxygen atoms in total. The molecule has 1 fully saturated rings. The summed E-state index contributed by atoms with van der Waals surface area (Å²) in [5.74, 6) is 1.14. The van der Waals surface area contributed by atoms with Crippen molar-refractivity contribution in [3.63, 3.8) is 0 Å². The molecule has 1 aliphatic rings. The van der Waals surface area contributed by atoms with Crippen LogP contribution in [0.25, 0.3) is 11.0 Å². The number of piperidine rings is 1. The minimum atomic E-state index is 1.05. The molecule has 0 radical (unpaired) electrons. The number of nitrogens with one attached hydrogen (secondary N) is 2. The summed E-state index contributed by atoms with van der Waals surface area (Å²) in [6.07, 6.45) is 4.15. The molecule has 3 rings (SSSR count). The number of rotatable bonds is 2. The standard InChI is InChI=1S/C13H17N3/c1-4-8-16(9-5-1)10-13-14-11-6-2-3-7-12(11)15-13/h2-3,6-7H,1,4-5,8-10H2,(H,14,15)/p+1. The van der Waals surface area contributed by atoms with E-state index < -0.39 is 0 Å². The van der Waals surface area contributed by atoms with E-state index in [1.165, 1.54) is 32.4 Å². The van der Waals surface area contributed by atoms with Crippen LogP contribution in [-0.2, 0) is 6.54 Å². The van der Waals surface area contributed by atoms with Crippen LogP contribution in [0.3, 0.4) is 0 Å². The number of quaternary nitrogens is 1. The van der Waals surface area contributed by atoms with E-state index in [4.69, 9.17) is 0 Å². The summed E-state index contributed by atoms with van der Waals surface area (Å²) in [5, 5.41) is 0. The van der Waals surface area contributed by atoms with Crippen LogP contribution in [0.2, 0.25) is 0 Å². The average molecular weight is 216 g/mol. The predicted octanol–water partition coefficient (Wildman–Crippen LogP) is 1.13. The van der Waals surface area contributed by atoms with E-state index in [0.29, 0.717) is 0 Å². The third-order valence-electron chi connectivity index (χ3n) is 3.42. The lowest BCUT2D eigenvalue weighted by molar-refractivity contribution is -0.919. The Labute approximate surface area is 95.5 Å². The zero-order chi connectivity index (χ0) is 10.8. The molecule has 0 amide bonds. The van der Waals surface area contributed by atoms with Gasteiger partial charge in [-0.15, -0.1) is 0 Å². The number of imidazole rings is 1. The van der Waals surface area contributed by atoms with Crippen molar-refractivity contribution in [1.82, 2.24) is 9.97 Å². The fourth-order valence-electron chi connectivity index (χ4n) is 2.55. The quantitative estimate of drug-likeness (QED) is 0.775. The molecule has 1 aromatic heterocycles. The molecule has 2 aromatic rings. The maximum Gasteiger partial charge on any atom is 0.162 e. The van der Waals surface area contributed by atoms with Crippen LogP contribution < -0.4 is 4.90 Å². The molecule has 0 unspecified atom stereocenters. The minimum absolute atomic E-state index is 1.05. The number of hydrogen-bond donors (Lipinski definition) is 2. The number of aromatic amines is 1. The molecule has 0 spiro atoms. The summed E-state index contributed by atoms with van der Waals surface area (Å²) < 4.78 is 0. The molecule has 84 valence electrons. The maximum absolute atomic E-state index is 4.63. The predicted molar refractivity (Wildman–Crippen MR) is 64.3 cm³/mol. The second-order valence-corrected chi connectivity index (χ2v) is 4.69. The summed E-state index contributed by atoms with van der Waals surface area (Å²) in [5.41, 5.74) is 2.25. The van der Waals surface area contributed by atoms with Gasteiger partial charge in [0, 0.05) is 0 Å². The first-order valence-corrected chi connectivity index (χ1v) is 6.19. The highest BCUT2D eigenvalue weighted by atomic mass is 15.1. The van der Waals surface area contributed by atoms with E-state index in [0.717, 1.165) is 23.4 Å². The molecule has 1 aliphatic heterocycles. The van der Waals surface area contributed by atoms with E-state index in [1.807, 2.05) is 6.07 Å². The Morgan fingerprint density at radius 2 is 1.94 bits per heavy atom. The highest BCUT2D eigenvalue weighted by Gasteiger charge is 2.15. The van der Waals surface area contributed by atoms with E-state index >= 15 is 0 Å². The van der Waals surface area contributed by atoms with Crippen molar-refractivity contribution in [3.05, 3.63) is 30.1 Å². The van der Waals surface area contributed by atoms with Crippen molar-refractivity contribution in [3.8, 4) is 0 Å². The van der Waals surface area contributed by atoms with E-state index in [1.54, 1.807) is 4.90 Å². The number of hydrogen-bond acceptors (Lipinski definition) is 1. The van der Waals surface area contributed by atoms with Crippen molar-refractivity contribution >= 4 is 11.0 Å². The van der Waals surface area contributed by atoms with Crippen molar-refractivity contribution in [2.75, 3.05) is 13.1 Å². The first kappa shape index (κ1) is 9.85. The number of aromatic nitrogens is 2. The first-order chi connectivity index (χ1) is 7.92. The summed E-state index contributed by atoms with van der Waals surface area (Å²) in [7, 11) is 0. The van der Waals surface area contributed by atoms with Crippen molar-refractivity contribution in [2.24, 2.45) is 0 Å². The van der Waals surface area contributed by atoms with Crippen LogP contribution in [0.5, 0.6) is 0 Å². The van der Waals surface area contributed by atoms with Gasteiger partial charge >= 0.3 is 0 Å². The number of H-pyrrole nitrogens is 1. The van der Waals surface area contributed by atoms with Gasteiger partial charge in [0.1, 0.15) is 6.54 Å². The zero-order valence-electron chi connectivity index (χ0n) is 9.50. The lowest BCUT2D eigenvalue weighted by Gasteiger charge is -2.22. The largest absolute Gasteiger partial charge is 0.337 e. The molecule has 0 bridgehead atoms. The summed E-state index contributed by atoms with van der Waals surface area (Å²) >= 11 is 0. The molecular formula is C13H18N3+. The average Bonchev–Trinajstić information content (AvgIpc) is 2.72. The summed E-state index contributed by atoms with van der Waals surface area (Å²) in [4.78, 5) is 9.71. The molecule has 0 aliphatic carbocycles. The third kappa shape index (κ3) is 1.95. The summed E-state index contributed by atoms with van der Waals surface area (Å²) in [6, 6.07) is 8.26. The van der Waals surface area contributed by atoms with E-state index in [9.17, 15) is 0 Å². The third-order valence-corrected chi connectivity index (χ3v) is 3.42. The van der Waals surface area contributed by atoms with Gasteiger partial charge in [-0.05, 0) is 31.4 Å². The number of likely N-dealkylation sites (tertiary alicyclic amines) is 1. The molecular weight excluding hydrogens is 198 g/mol. The summed E-state index contributed by atoms with van der Waals surface area (Å²) in [6.45, 7) is 3.66. The van der Waals surface area contributed by atoms with Crippen LogP contribution in [0, 0.1) is 0 Å². The molecule has 0 saturated carbocycles. The molecule has 2 N–H and O–H groups in total. The van der Waals surface area contributed by atoms with Crippen LogP contribution in [-0.4, -0.2) is 23.1 Å². The molecule has 1 aromatic carbocycles. The van der Waals surface area contributed by atoms with Gasteiger partial charge in [-0.3, -0.25) is 0 Å². The number of para-hydroxylation sites is 2. The van der Waals surface area contributed by atoms with E-state index in [2.05, 4.69) is 28.2 Å². The fourth-order valence-corrected chi connectivity index (χ4v) is 2.55. The highest BCUT2D eigenvalue weighted by Crippen LogP contribution is 2.09. The van der Waals surface area contributed by atoms with Crippen LogP contribution >= 0.6 is 0 Å². The second-order valence-electron chi connectivity index (χ2n) is 4.69. The van der Waals surface area contributed by atoms with Crippen molar-refractivity contribution in [1.29, 1.82) is 0 Å². The van der Waals surface area contributed by atoms with Crippen LogP contribution in [0.1, 0.15) is 25.1 Å². The van der Waals surface area contributed by atoms with Gasteiger partial charge in [-0.1, -0.05) is 12.1 Å². The van der Waals surface area contributed by atoms with Gasteiger partial charge in [-0.2, -0.15) is 0 Å². The van der Waals surface area contributed by atoms with Gasteiger partial charge in [0.2, 0.25) is 0 Å². The van der Waals surface area contributed by atoms with Crippen molar-refractivity contribution < 1.29 is 4.90 Å². The Morgan fingerprint density at radius 1 is 1.12 bits per heavy atom. The maximum atomic E-state index is 4.63. The molecule has 3 heteroatoms. The highest BCUT2D eigenvalue weighted by molar-refractivity contribution is 5.74. The minimum Gasteiger partial charge on any atom is -0.337 e. The van der Waals surface area contributed by atoms with Gasteiger partial charge in [0.15, 0.2) is 5.82 Å². The number of nitrogens with zero attached hydrogens (tertiary/aromatic N) is 1. The number of fused-ring (bicyclic) bond motifs is 1. The monoisotopic (exact) mass is 216 g/mol. The van der Waals surface area contributed by atoms with Gasteiger partial charge < -0.3 is 9.88 Å². The van der Waals surface area contributed by atoms with Crippen LogP contribution in [0.15, 0.2) is 24.3 Å². The second kappa shape index (κ2) is 4.26. The van der Waals surface area contributed by atoms with Gasteiger partial charge in [0.05, 0.1) is 24.1 Å². The fraction of sp³-hybridized carbons (Fsp3) is 0.462. The lowest BCUT2D eigenvalue weighted by Crippen LogP contribution is -3.11. The SMILES string of the molecule is c1ccc2[nH]c(C[NH+]3CCCCC3)nc2c1. The Balaban J connectivity index is 1.78. The van der Waals surface area contributed by atoms with E-state index in [-0.39, 0.29) is 0 Å². The lowest BCUT2D eigenvalue weighted by atomic mass is 10.1. The molecule has 0 atom stereocenters. The zero-order valence-corrected chi connectivity index (χ0v) is 9.50. The Bertz CT molecular complexity index is 436. The molecule has 16 heavy (non-hydrogen) atoms. The smallest absolute Gasteiger partial charge is 0.162 e. The first-order valence-electron chi connectivity index (χ1n) is 6.19. The Morgan fingerprint density at radius 3 is 2.75 bits per heavy atom. The molecule has 2 heterocycles. The number of benzene rings is 1. The topological polar surface area (TPSA) is 33.1 Å². The Hall–Kier alpha value is -1.35.